The highest BCUT2D eigenvalue weighted by Crippen LogP contribution is 2.44. The van der Waals surface area contributed by atoms with Crippen LogP contribution in [0.2, 0.25) is 0 Å². The molecular weight excluding hydrogens is 288 g/mol. The normalized spacial score (nSPS) is 16.9. The molecule has 0 saturated heterocycles. The summed E-state index contributed by atoms with van der Waals surface area (Å²) in [6, 6.07) is 9.43. The van der Waals surface area contributed by atoms with Crippen LogP contribution in [0, 0.1) is 10.8 Å². The van der Waals surface area contributed by atoms with Crippen LogP contribution in [0.5, 0.6) is 0 Å². The Morgan fingerprint density at radius 1 is 0.583 bits per heavy atom. The lowest BCUT2D eigenvalue weighted by molar-refractivity contribution is 0.494. The first kappa shape index (κ1) is 15.7. The highest BCUT2D eigenvalue weighted by atomic mass is 14.3. The summed E-state index contributed by atoms with van der Waals surface area (Å²) in [7, 11) is 0. The second-order valence-electron chi connectivity index (χ2n) is 9.57. The molecule has 0 amide bonds. The summed E-state index contributed by atoms with van der Waals surface area (Å²) in [5, 5.41) is 3.00. The van der Waals surface area contributed by atoms with Crippen LogP contribution in [0.15, 0.2) is 35.4 Å². The summed E-state index contributed by atoms with van der Waals surface area (Å²) in [5.41, 5.74) is 9.38. The van der Waals surface area contributed by atoms with Gasteiger partial charge in [-0.2, -0.15) is 0 Å². The highest BCUT2D eigenvalue weighted by Gasteiger charge is 2.27. The van der Waals surface area contributed by atoms with Crippen molar-refractivity contribution < 1.29 is 0 Å². The first-order valence-corrected chi connectivity index (χ1v) is 9.14. The summed E-state index contributed by atoms with van der Waals surface area (Å²) in [5.74, 6) is 0. The number of hydrogen-bond donors (Lipinski definition) is 0. The predicted octanol–water partition coefficient (Wildman–Crippen LogP) is 6.81. The smallest absolute Gasteiger partial charge is 0.00521 e. The van der Waals surface area contributed by atoms with Gasteiger partial charge in [-0.15, -0.1) is 0 Å². The molecule has 0 radical (unpaired) electrons. The molecule has 2 aliphatic carbocycles. The number of hydrogen-bond acceptors (Lipinski definition) is 0. The van der Waals surface area contributed by atoms with Gasteiger partial charge in [0, 0.05) is 0 Å². The van der Waals surface area contributed by atoms with E-state index in [1.165, 1.54) is 33.0 Å². The zero-order valence-electron chi connectivity index (χ0n) is 15.9. The Bertz CT molecular complexity index is 828. The van der Waals surface area contributed by atoms with E-state index in [2.05, 4.69) is 78.0 Å². The van der Waals surface area contributed by atoms with Gasteiger partial charge in [-0.25, -0.2) is 0 Å². The first-order valence-electron chi connectivity index (χ1n) is 9.14. The quantitative estimate of drug-likeness (QED) is 0.500. The van der Waals surface area contributed by atoms with E-state index in [9.17, 15) is 0 Å². The third kappa shape index (κ3) is 2.35. The zero-order chi connectivity index (χ0) is 17.3. The van der Waals surface area contributed by atoms with Crippen molar-refractivity contribution in [1.29, 1.82) is 0 Å². The molecule has 0 bridgehead atoms. The van der Waals surface area contributed by atoms with E-state index in [0.29, 0.717) is 0 Å². The van der Waals surface area contributed by atoms with Crippen LogP contribution in [-0.4, -0.2) is 0 Å². The molecule has 2 aromatic carbocycles. The molecular formula is C24H28. The Kier molecular flexibility index (Phi) is 3.17. The predicted molar refractivity (Wildman–Crippen MR) is 106 cm³/mol. The Hall–Kier alpha value is -1.82. The van der Waals surface area contributed by atoms with Crippen molar-refractivity contribution in [3.8, 4) is 0 Å². The summed E-state index contributed by atoms with van der Waals surface area (Å²) in [6.07, 6.45) is 7.07. The third-order valence-electron chi connectivity index (χ3n) is 5.75. The molecule has 0 nitrogen and oxygen atoms in total. The molecule has 0 heteroatoms. The summed E-state index contributed by atoms with van der Waals surface area (Å²) in [6.45, 7) is 13.9. The van der Waals surface area contributed by atoms with Gasteiger partial charge in [-0.05, 0) is 56.7 Å². The van der Waals surface area contributed by atoms with E-state index in [1.807, 2.05) is 0 Å². The minimum Gasteiger partial charge on any atom is -0.0598 e. The number of allylic oxidation sites excluding steroid dienone is 2. The fourth-order valence-electron chi connectivity index (χ4n) is 4.08. The Balaban J connectivity index is 1.98. The van der Waals surface area contributed by atoms with Gasteiger partial charge in [-0.3, -0.25) is 0 Å². The molecule has 0 aromatic heterocycles. The van der Waals surface area contributed by atoms with Gasteiger partial charge < -0.3 is 0 Å². The molecule has 0 N–H and O–H groups in total. The van der Waals surface area contributed by atoms with Crippen molar-refractivity contribution in [3.05, 3.63) is 57.7 Å². The second kappa shape index (κ2) is 4.85. The lowest BCUT2D eigenvalue weighted by Gasteiger charge is -2.31. The summed E-state index contributed by atoms with van der Waals surface area (Å²) < 4.78 is 0. The van der Waals surface area contributed by atoms with Gasteiger partial charge in [0.25, 0.3) is 0 Å². The maximum Gasteiger partial charge on any atom is -0.00521 e. The van der Waals surface area contributed by atoms with E-state index < -0.39 is 0 Å². The molecule has 4 rings (SSSR count). The number of benzene rings is 2. The minimum absolute atomic E-state index is 0.234. The molecule has 0 saturated carbocycles. The first-order chi connectivity index (χ1) is 11.1. The van der Waals surface area contributed by atoms with Gasteiger partial charge in [0.1, 0.15) is 0 Å². The molecule has 24 heavy (non-hydrogen) atoms. The molecule has 2 aromatic rings. The summed E-state index contributed by atoms with van der Waals surface area (Å²) >= 11 is 0. The fraction of sp³-hybridized carbons (Fsp3) is 0.417. The van der Waals surface area contributed by atoms with Crippen LogP contribution in [0.4, 0.5) is 0 Å². The van der Waals surface area contributed by atoms with Gasteiger partial charge in [0.2, 0.25) is 0 Å². The Morgan fingerprint density at radius 3 is 1.29 bits per heavy atom. The maximum absolute atomic E-state index is 2.44. The molecule has 0 atom stereocenters. The van der Waals surface area contributed by atoms with Crippen molar-refractivity contribution >= 4 is 22.9 Å². The zero-order valence-corrected chi connectivity index (χ0v) is 15.9. The van der Waals surface area contributed by atoms with Crippen LogP contribution in [0.1, 0.15) is 63.8 Å². The van der Waals surface area contributed by atoms with Gasteiger partial charge in [0.15, 0.2) is 0 Å². The third-order valence-corrected chi connectivity index (χ3v) is 5.75. The molecule has 0 unspecified atom stereocenters. The lowest BCUT2D eigenvalue weighted by Crippen LogP contribution is -2.17. The topological polar surface area (TPSA) is 0 Å². The van der Waals surface area contributed by atoms with Crippen molar-refractivity contribution in [2.24, 2.45) is 10.8 Å². The van der Waals surface area contributed by atoms with E-state index >= 15 is 0 Å². The molecule has 0 spiro atoms. The van der Waals surface area contributed by atoms with E-state index in [0.717, 1.165) is 12.8 Å². The van der Waals surface area contributed by atoms with Gasteiger partial charge >= 0.3 is 0 Å². The largest absolute Gasteiger partial charge is 0.0598 e. The van der Waals surface area contributed by atoms with Crippen LogP contribution < -0.4 is 0 Å². The Labute approximate surface area is 146 Å². The molecule has 0 heterocycles. The van der Waals surface area contributed by atoms with Crippen LogP contribution in [0.3, 0.4) is 0 Å². The van der Waals surface area contributed by atoms with Crippen molar-refractivity contribution in [1.82, 2.24) is 0 Å². The molecule has 0 fully saturated rings. The molecule has 124 valence electrons. The van der Waals surface area contributed by atoms with E-state index in [4.69, 9.17) is 0 Å². The highest BCUT2D eigenvalue weighted by molar-refractivity contribution is 6.03. The minimum atomic E-state index is 0.234. The van der Waals surface area contributed by atoms with Crippen LogP contribution >= 0.6 is 0 Å². The van der Waals surface area contributed by atoms with Gasteiger partial charge in [-0.1, -0.05) is 89.1 Å². The van der Waals surface area contributed by atoms with Gasteiger partial charge in [0.05, 0.1) is 0 Å². The van der Waals surface area contributed by atoms with E-state index in [1.54, 1.807) is 11.1 Å². The van der Waals surface area contributed by atoms with Crippen molar-refractivity contribution in [2.45, 2.75) is 54.4 Å². The SMILES string of the molecule is CC(C)(C)C1=Cc2ccc3c4c(ccc(c24)C1)C=C(C(C)(C)C)C3. The van der Waals surface area contributed by atoms with Crippen molar-refractivity contribution in [3.63, 3.8) is 0 Å². The molecule has 2 aliphatic rings. The lowest BCUT2D eigenvalue weighted by atomic mass is 9.73. The number of rotatable bonds is 0. The monoisotopic (exact) mass is 316 g/mol. The van der Waals surface area contributed by atoms with Crippen molar-refractivity contribution in [2.75, 3.05) is 0 Å². The maximum atomic E-state index is 2.44. The summed E-state index contributed by atoms with van der Waals surface area (Å²) in [4.78, 5) is 0. The fourth-order valence-corrected chi connectivity index (χ4v) is 4.08. The Morgan fingerprint density at radius 2 is 0.958 bits per heavy atom. The standard InChI is InChI=1S/C24H28/c1-23(2,3)19-11-15-7-9-17-13-20(24(4,5)6)14-18-10-8-16(12-19)21(15)22(17)18/h7-11,14H,12-13H2,1-6H3. The molecule has 0 aliphatic heterocycles. The van der Waals surface area contributed by atoms with E-state index in [-0.39, 0.29) is 10.8 Å². The average Bonchev–Trinajstić information content (AvgIpc) is 2.50. The van der Waals surface area contributed by atoms with Crippen LogP contribution in [-0.2, 0) is 12.8 Å². The second-order valence-corrected chi connectivity index (χ2v) is 9.57. The van der Waals surface area contributed by atoms with Crippen LogP contribution in [0.25, 0.3) is 22.9 Å². The average molecular weight is 316 g/mol.